The Morgan fingerprint density at radius 1 is 1.12 bits per heavy atom. The maximum Gasteiger partial charge on any atom is 0.240 e. The molecule has 0 aliphatic rings. The number of thiazole rings is 1. The van der Waals surface area contributed by atoms with E-state index >= 15 is 0 Å². The Labute approximate surface area is 190 Å². The number of carbonyl (C=O) groups is 1. The average molecular weight is 478 g/mol. The fourth-order valence-electron chi connectivity index (χ4n) is 2.88. The molecule has 0 spiro atoms. The lowest BCUT2D eigenvalue weighted by atomic mass is 10.1. The summed E-state index contributed by atoms with van der Waals surface area (Å²) in [4.78, 5) is 17.6. The normalized spacial score (nSPS) is 11.3. The van der Waals surface area contributed by atoms with Crippen LogP contribution in [-0.2, 0) is 21.2 Å². The first-order valence-corrected chi connectivity index (χ1v) is 12.3. The standard InChI is InChI=1S/C22H24FN3O4S2/c1-3-30-18-8-10-19(11-9-18)32(28,29)24-13-12-21(27)26-22-25-15(2)20(31-22)14-16-4-6-17(23)7-5-16/h4-11,24H,3,12-14H2,1-2H3,(H,25,26,27). The van der Waals surface area contributed by atoms with Gasteiger partial charge in [-0.3, -0.25) is 4.79 Å². The minimum absolute atomic E-state index is 0.0395. The number of nitrogens with one attached hydrogen (secondary N) is 2. The lowest BCUT2D eigenvalue weighted by Crippen LogP contribution is -2.27. The molecule has 32 heavy (non-hydrogen) atoms. The highest BCUT2D eigenvalue weighted by molar-refractivity contribution is 7.89. The molecule has 0 unspecified atom stereocenters. The molecule has 0 aliphatic heterocycles. The number of sulfonamides is 1. The van der Waals surface area contributed by atoms with E-state index in [1.807, 2.05) is 13.8 Å². The number of halogens is 1. The minimum atomic E-state index is -3.73. The molecule has 7 nitrogen and oxygen atoms in total. The fourth-order valence-corrected chi connectivity index (χ4v) is 4.92. The summed E-state index contributed by atoms with van der Waals surface area (Å²) in [6.45, 7) is 4.13. The molecule has 1 heterocycles. The average Bonchev–Trinajstić information content (AvgIpc) is 3.08. The summed E-state index contributed by atoms with van der Waals surface area (Å²) in [5, 5.41) is 3.15. The smallest absolute Gasteiger partial charge is 0.240 e. The lowest BCUT2D eigenvalue weighted by molar-refractivity contribution is -0.116. The molecule has 3 rings (SSSR count). The van der Waals surface area contributed by atoms with Crippen molar-refractivity contribution < 1.29 is 22.3 Å². The van der Waals surface area contributed by atoms with Crippen LogP contribution in [0.1, 0.15) is 29.5 Å². The van der Waals surface area contributed by atoms with Crippen molar-refractivity contribution in [2.75, 3.05) is 18.5 Å². The van der Waals surface area contributed by atoms with E-state index in [4.69, 9.17) is 4.74 Å². The minimum Gasteiger partial charge on any atom is -0.494 e. The van der Waals surface area contributed by atoms with Crippen LogP contribution in [0.4, 0.5) is 9.52 Å². The summed E-state index contributed by atoms with van der Waals surface area (Å²) in [6, 6.07) is 12.3. The van der Waals surface area contributed by atoms with Gasteiger partial charge < -0.3 is 10.1 Å². The molecule has 0 saturated heterocycles. The third kappa shape index (κ3) is 6.59. The molecule has 3 aromatic rings. The maximum atomic E-state index is 13.1. The molecule has 1 aromatic heterocycles. The Morgan fingerprint density at radius 2 is 1.81 bits per heavy atom. The van der Waals surface area contributed by atoms with E-state index in [9.17, 15) is 17.6 Å². The van der Waals surface area contributed by atoms with Crippen LogP contribution in [0.25, 0.3) is 0 Å². The van der Waals surface area contributed by atoms with Crippen molar-refractivity contribution in [3.8, 4) is 5.75 Å². The van der Waals surface area contributed by atoms with Gasteiger partial charge in [-0.25, -0.2) is 22.5 Å². The maximum absolute atomic E-state index is 13.1. The Bertz CT molecular complexity index is 1160. The molecule has 1 amide bonds. The SMILES string of the molecule is CCOc1ccc(S(=O)(=O)NCCC(=O)Nc2nc(C)c(Cc3ccc(F)cc3)s2)cc1. The van der Waals surface area contributed by atoms with Crippen molar-refractivity contribution in [2.45, 2.75) is 31.6 Å². The molecule has 0 aliphatic carbocycles. The topological polar surface area (TPSA) is 97.4 Å². The largest absolute Gasteiger partial charge is 0.494 e. The number of hydrogen-bond donors (Lipinski definition) is 2. The zero-order valence-electron chi connectivity index (χ0n) is 17.7. The first-order chi connectivity index (χ1) is 15.3. The highest BCUT2D eigenvalue weighted by atomic mass is 32.2. The second kappa shape index (κ2) is 10.7. The van der Waals surface area contributed by atoms with E-state index in [1.54, 1.807) is 24.3 Å². The van der Waals surface area contributed by atoms with Gasteiger partial charge in [0.05, 0.1) is 17.2 Å². The molecule has 0 saturated carbocycles. The fraction of sp³-hybridized carbons (Fsp3) is 0.273. The predicted octanol–water partition coefficient (Wildman–Crippen LogP) is 3.89. The molecule has 0 atom stereocenters. The summed E-state index contributed by atoms with van der Waals surface area (Å²) in [5.74, 6) is -0.0503. The van der Waals surface area contributed by atoms with E-state index in [0.717, 1.165) is 16.1 Å². The van der Waals surface area contributed by atoms with Crippen molar-refractivity contribution in [1.29, 1.82) is 0 Å². The number of benzene rings is 2. The van der Waals surface area contributed by atoms with Gasteiger partial charge in [0.25, 0.3) is 0 Å². The first-order valence-electron chi connectivity index (χ1n) is 10.00. The quantitative estimate of drug-likeness (QED) is 0.462. The number of aromatic nitrogens is 1. The van der Waals surface area contributed by atoms with Crippen LogP contribution in [0.15, 0.2) is 53.4 Å². The predicted molar refractivity (Wildman–Crippen MR) is 122 cm³/mol. The number of nitrogens with zero attached hydrogens (tertiary/aromatic N) is 1. The van der Waals surface area contributed by atoms with Gasteiger partial charge in [0, 0.05) is 24.3 Å². The van der Waals surface area contributed by atoms with Crippen molar-refractivity contribution in [2.24, 2.45) is 0 Å². The molecule has 0 radical (unpaired) electrons. The summed E-state index contributed by atoms with van der Waals surface area (Å²) in [7, 11) is -3.73. The molecule has 2 aromatic carbocycles. The Hall–Kier alpha value is -2.82. The van der Waals surface area contributed by atoms with Crippen LogP contribution in [0.5, 0.6) is 5.75 Å². The van der Waals surface area contributed by atoms with Gasteiger partial charge in [0.1, 0.15) is 11.6 Å². The number of anilines is 1. The van der Waals surface area contributed by atoms with Crippen molar-refractivity contribution in [3.63, 3.8) is 0 Å². The highest BCUT2D eigenvalue weighted by Gasteiger charge is 2.15. The molecular weight excluding hydrogens is 453 g/mol. The van der Waals surface area contributed by atoms with E-state index in [1.165, 1.54) is 35.6 Å². The Kier molecular flexibility index (Phi) is 7.94. The van der Waals surface area contributed by atoms with Gasteiger partial charge in [0.2, 0.25) is 15.9 Å². The number of aryl methyl sites for hydroxylation is 1. The van der Waals surface area contributed by atoms with Crippen molar-refractivity contribution in [1.82, 2.24) is 9.71 Å². The monoisotopic (exact) mass is 477 g/mol. The number of rotatable bonds is 10. The molecule has 10 heteroatoms. The second-order valence-corrected chi connectivity index (χ2v) is 9.78. The summed E-state index contributed by atoms with van der Waals surface area (Å²) < 4.78 is 45.5. The van der Waals surface area contributed by atoms with Crippen LogP contribution in [0.3, 0.4) is 0 Å². The van der Waals surface area contributed by atoms with Gasteiger partial charge in [0.15, 0.2) is 5.13 Å². The van der Waals surface area contributed by atoms with Crippen LogP contribution in [0, 0.1) is 12.7 Å². The van der Waals surface area contributed by atoms with Crippen molar-refractivity contribution in [3.05, 3.63) is 70.5 Å². The summed E-state index contributed by atoms with van der Waals surface area (Å²) in [5.41, 5.74) is 1.73. The summed E-state index contributed by atoms with van der Waals surface area (Å²) >= 11 is 1.34. The Balaban J connectivity index is 1.51. The van der Waals surface area contributed by atoms with E-state index < -0.39 is 10.0 Å². The number of ether oxygens (including phenoxy) is 1. The number of amides is 1. The van der Waals surface area contributed by atoms with Gasteiger partial charge in [-0.15, -0.1) is 11.3 Å². The third-order valence-corrected chi connectivity index (χ3v) is 7.06. The third-order valence-electron chi connectivity index (χ3n) is 4.51. The number of carbonyl (C=O) groups excluding carboxylic acids is 1. The zero-order chi connectivity index (χ0) is 23.1. The van der Waals surface area contributed by atoms with Crippen LogP contribution >= 0.6 is 11.3 Å². The molecular formula is C22H24FN3O4S2. The first kappa shape index (κ1) is 23.8. The zero-order valence-corrected chi connectivity index (χ0v) is 19.4. The van der Waals surface area contributed by atoms with Gasteiger partial charge in [-0.1, -0.05) is 12.1 Å². The highest BCUT2D eigenvalue weighted by Crippen LogP contribution is 2.25. The van der Waals surface area contributed by atoms with Gasteiger partial charge >= 0.3 is 0 Å². The molecule has 2 N–H and O–H groups in total. The lowest BCUT2D eigenvalue weighted by Gasteiger charge is -2.08. The van der Waals surface area contributed by atoms with Crippen LogP contribution in [0.2, 0.25) is 0 Å². The van der Waals surface area contributed by atoms with Crippen LogP contribution in [-0.4, -0.2) is 32.5 Å². The second-order valence-electron chi connectivity index (χ2n) is 6.93. The van der Waals surface area contributed by atoms with E-state index in [0.29, 0.717) is 23.9 Å². The van der Waals surface area contributed by atoms with Crippen LogP contribution < -0.4 is 14.8 Å². The Morgan fingerprint density at radius 3 is 2.47 bits per heavy atom. The molecule has 170 valence electrons. The molecule has 0 bridgehead atoms. The van der Waals surface area contributed by atoms with E-state index in [2.05, 4.69) is 15.0 Å². The summed E-state index contributed by atoms with van der Waals surface area (Å²) in [6.07, 6.45) is 0.545. The van der Waals surface area contributed by atoms with Crippen molar-refractivity contribution >= 4 is 32.4 Å². The van der Waals surface area contributed by atoms with Gasteiger partial charge in [-0.05, 0) is 55.8 Å². The van der Waals surface area contributed by atoms with Gasteiger partial charge in [-0.2, -0.15) is 0 Å². The number of hydrogen-bond acceptors (Lipinski definition) is 6. The van der Waals surface area contributed by atoms with E-state index in [-0.39, 0.29) is 29.6 Å². The molecule has 0 fully saturated rings.